The van der Waals surface area contributed by atoms with Crippen molar-refractivity contribution in [2.45, 2.75) is 33.6 Å². The van der Waals surface area contributed by atoms with Gasteiger partial charge in [0.15, 0.2) is 5.78 Å². The van der Waals surface area contributed by atoms with E-state index in [1.165, 1.54) is 6.92 Å². The Morgan fingerprint density at radius 3 is 2.38 bits per heavy atom. The van der Waals surface area contributed by atoms with Crippen LogP contribution in [0.3, 0.4) is 0 Å². The number of amides is 1. The molecule has 0 saturated heterocycles. The molecule has 0 aliphatic carbocycles. The van der Waals surface area contributed by atoms with E-state index in [9.17, 15) is 9.59 Å². The van der Waals surface area contributed by atoms with Gasteiger partial charge in [0.05, 0.1) is 0 Å². The molecule has 4 N–H and O–H groups in total. The van der Waals surface area contributed by atoms with E-state index in [1.807, 2.05) is 38.1 Å². The fourth-order valence-electron chi connectivity index (χ4n) is 2.79. The third-order valence-electron chi connectivity index (χ3n) is 3.90. The molecule has 0 saturated carbocycles. The number of anilines is 1. The van der Waals surface area contributed by atoms with Crippen LogP contribution in [0.2, 0.25) is 0 Å². The zero-order valence-electron chi connectivity index (χ0n) is 14.2. The third-order valence-corrected chi connectivity index (χ3v) is 3.90. The molecular formula is C18H24ClN3O2. The van der Waals surface area contributed by atoms with Gasteiger partial charge < -0.3 is 16.0 Å². The molecule has 1 aromatic heterocycles. The Balaban J connectivity index is 0.00000288. The second kappa shape index (κ2) is 8.55. The topological polar surface area (TPSA) is 88.0 Å². The maximum atomic E-state index is 12.4. The first-order valence-corrected chi connectivity index (χ1v) is 7.79. The highest BCUT2D eigenvalue weighted by Gasteiger charge is 2.21. The monoisotopic (exact) mass is 349 g/mol. The number of halogens is 1. The largest absolute Gasteiger partial charge is 0.399 e. The van der Waals surface area contributed by atoms with Gasteiger partial charge in [-0.25, -0.2) is 0 Å². The summed E-state index contributed by atoms with van der Waals surface area (Å²) in [5, 5.41) is 2.90. The smallest absolute Gasteiger partial charge is 0.268 e. The number of nitrogens with two attached hydrogens (primary N) is 1. The van der Waals surface area contributed by atoms with Crippen molar-refractivity contribution in [2.75, 3.05) is 12.3 Å². The summed E-state index contributed by atoms with van der Waals surface area (Å²) in [5.74, 6) is -0.190. The van der Waals surface area contributed by atoms with Crippen LogP contribution in [0.4, 0.5) is 5.69 Å². The van der Waals surface area contributed by atoms with Crippen molar-refractivity contribution in [1.82, 2.24) is 10.3 Å². The molecule has 0 bridgehead atoms. The molecule has 5 nitrogen and oxygen atoms in total. The van der Waals surface area contributed by atoms with Crippen molar-refractivity contribution < 1.29 is 9.59 Å². The minimum atomic E-state index is -0.173. The van der Waals surface area contributed by atoms with E-state index in [-0.39, 0.29) is 24.1 Å². The Bertz CT molecular complexity index is 721. The Kier molecular flexibility index (Phi) is 7.04. The lowest BCUT2D eigenvalue weighted by atomic mass is 10.0. The minimum Gasteiger partial charge on any atom is -0.399 e. The molecule has 24 heavy (non-hydrogen) atoms. The summed E-state index contributed by atoms with van der Waals surface area (Å²) >= 11 is 0. The van der Waals surface area contributed by atoms with E-state index in [0.717, 1.165) is 28.9 Å². The van der Waals surface area contributed by atoms with Crippen molar-refractivity contribution in [3.8, 4) is 0 Å². The van der Waals surface area contributed by atoms with Crippen molar-refractivity contribution >= 4 is 29.8 Å². The zero-order valence-corrected chi connectivity index (χ0v) is 15.0. The summed E-state index contributed by atoms with van der Waals surface area (Å²) in [4.78, 5) is 27.2. The number of carbonyl (C=O) groups excluding carboxylic acids is 2. The van der Waals surface area contributed by atoms with Gasteiger partial charge in [-0.05, 0) is 49.9 Å². The van der Waals surface area contributed by atoms with Crippen LogP contribution in [0.5, 0.6) is 0 Å². The number of hydrogen-bond donors (Lipinski definition) is 3. The SMILES string of the molecule is CCc1c(C(=O)NCCc2ccc(N)cc2)[nH]c(C)c1C(C)=O.Cl. The molecule has 0 aliphatic heterocycles. The van der Waals surface area contributed by atoms with E-state index < -0.39 is 0 Å². The molecule has 2 aromatic rings. The van der Waals surface area contributed by atoms with E-state index >= 15 is 0 Å². The summed E-state index contributed by atoms with van der Waals surface area (Å²) in [7, 11) is 0. The molecule has 0 atom stereocenters. The summed E-state index contributed by atoms with van der Waals surface area (Å²) < 4.78 is 0. The van der Waals surface area contributed by atoms with Crippen LogP contribution >= 0.6 is 12.4 Å². The Hall–Kier alpha value is -2.27. The number of benzene rings is 1. The highest BCUT2D eigenvalue weighted by molar-refractivity contribution is 6.02. The van der Waals surface area contributed by atoms with Gasteiger partial charge in [0.25, 0.3) is 5.91 Å². The van der Waals surface area contributed by atoms with Gasteiger partial charge >= 0.3 is 0 Å². The predicted octanol–water partition coefficient (Wildman–Crippen LogP) is 3.06. The molecule has 0 fully saturated rings. The average molecular weight is 350 g/mol. The molecule has 1 heterocycles. The number of Topliss-reactive ketones (excluding diaryl/α,β-unsaturated/α-hetero) is 1. The van der Waals surface area contributed by atoms with Crippen LogP contribution in [0.25, 0.3) is 0 Å². The maximum Gasteiger partial charge on any atom is 0.268 e. The summed E-state index contributed by atoms with van der Waals surface area (Å²) in [6, 6.07) is 7.59. The van der Waals surface area contributed by atoms with Crippen molar-refractivity contribution in [3.05, 3.63) is 52.3 Å². The molecule has 130 valence electrons. The van der Waals surface area contributed by atoms with Crippen LogP contribution < -0.4 is 11.1 Å². The number of rotatable bonds is 6. The van der Waals surface area contributed by atoms with Gasteiger partial charge in [-0.1, -0.05) is 19.1 Å². The third kappa shape index (κ3) is 4.38. The zero-order chi connectivity index (χ0) is 17.0. The van der Waals surface area contributed by atoms with Crippen molar-refractivity contribution in [2.24, 2.45) is 0 Å². The molecule has 2 rings (SSSR count). The number of nitrogen functional groups attached to an aromatic ring is 1. The first-order valence-electron chi connectivity index (χ1n) is 7.79. The lowest BCUT2D eigenvalue weighted by Gasteiger charge is -2.07. The van der Waals surface area contributed by atoms with Gasteiger partial charge in [-0.3, -0.25) is 9.59 Å². The number of aryl methyl sites for hydroxylation is 1. The Morgan fingerprint density at radius 1 is 1.21 bits per heavy atom. The summed E-state index contributed by atoms with van der Waals surface area (Å²) in [6.45, 7) is 5.82. The standard InChI is InChI=1S/C18H23N3O2.ClH/c1-4-15-16(12(3)22)11(2)21-17(15)18(23)20-10-9-13-5-7-14(19)8-6-13;/h5-8,21H,4,9-10,19H2,1-3H3,(H,20,23);1H. The highest BCUT2D eigenvalue weighted by atomic mass is 35.5. The number of ketones is 1. The predicted molar refractivity (Wildman–Crippen MR) is 99.1 cm³/mol. The van der Waals surface area contributed by atoms with Crippen LogP contribution in [-0.4, -0.2) is 23.2 Å². The average Bonchev–Trinajstić information content (AvgIpc) is 2.86. The first-order chi connectivity index (χ1) is 10.9. The van der Waals surface area contributed by atoms with E-state index in [2.05, 4.69) is 10.3 Å². The van der Waals surface area contributed by atoms with E-state index in [0.29, 0.717) is 24.2 Å². The van der Waals surface area contributed by atoms with Crippen LogP contribution in [0.15, 0.2) is 24.3 Å². The molecule has 6 heteroatoms. The highest BCUT2D eigenvalue weighted by Crippen LogP contribution is 2.20. The number of carbonyl (C=O) groups is 2. The van der Waals surface area contributed by atoms with Gasteiger partial charge in [-0.2, -0.15) is 0 Å². The maximum absolute atomic E-state index is 12.4. The molecule has 0 unspecified atom stereocenters. The lowest BCUT2D eigenvalue weighted by Crippen LogP contribution is -2.27. The van der Waals surface area contributed by atoms with Crippen molar-refractivity contribution in [3.63, 3.8) is 0 Å². The van der Waals surface area contributed by atoms with Gasteiger partial charge in [0.2, 0.25) is 0 Å². The second-order valence-electron chi connectivity index (χ2n) is 5.64. The number of H-pyrrole nitrogens is 1. The van der Waals surface area contributed by atoms with Gasteiger partial charge in [-0.15, -0.1) is 12.4 Å². The Morgan fingerprint density at radius 2 is 1.83 bits per heavy atom. The normalized spacial score (nSPS) is 10.1. The lowest BCUT2D eigenvalue weighted by molar-refractivity contribution is 0.0948. The number of aromatic nitrogens is 1. The van der Waals surface area contributed by atoms with Crippen LogP contribution in [-0.2, 0) is 12.8 Å². The number of aromatic amines is 1. The Labute approximate surface area is 148 Å². The fraction of sp³-hybridized carbons (Fsp3) is 0.333. The molecule has 1 aromatic carbocycles. The summed E-state index contributed by atoms with van der Waals surface area (Å²) in [6.07, 6.45) is 1.37. The van der Waals surface area contributed by atoms with E-state index in [1.54, 1.807) is 0 Å². The van der Waals surface area contributed by atoms with Crippen molar-refractivity contribution in [1.29, 1.82) is 0 Å². The van der Waals surface area contributed by atoms with Gasteiger partial charge in [0.1, 0.15) is 5.69 Å². The molecular weight excluding hydrogens is 326 g/mol. The second-order valence-corrected chi connectivity index (χ2v) is 5.64. The van der Waals surface area contributed by atoms with Crippen LogP contribution in [0, 0.1) is 6.92 Å². The molecule has 0 aliphatic rings. The quantitative estimate of drug-likeness (QED) is 0.553. The fourth-order valence-corrected chi connectivity index (χ4v) is 2.79. The van der Waals surface area contributed by atoms with Crippen LogP contribution in [0.1, 0.15) is 51.5 Å². The number of nitrogens with one attached hydrogen (secondary N) is 2. The minimum absolute atomic E-state index is 0. The first kappa shape index (κ1) is 19.8. The molecule has 0 spiro atoms. The summed E-state index contributed by atoms with van der Waals surface area (Å²) in [5.41, 5.74) is 10.2. The van der Waals surface area contributed by atoms with E-state index in [4.69, 9.17) is 5.73 Å². The van der Waals surface area contributed by atoms with Gasteiger partial charge in [0, 0.05) is 23.5 Å². The molecule has 0 radical (unpaired) electrons. The molecule has 1 amide bonds. The number of hydrogen-bond acceptors (Lipinski definition) is 3.